The molecule has 2 rings (SSSR count). The second kappa shape index (κ2) is 6.39. The van der Waals surface area contributed by atoms with Gasteiger partial charge in [0, 0.05) is 4.90 Å². The first kappa shape index (κ1) is 15.0. The number of halogens is 3. The first-order valence-corrected chi connectivity index (χ1v) is 7.01. The maximum atomic E-state index is 13.2. The highest BCUT2D eigenvalue weighted by molar-refractivity contribution is 7.99. The van der Waals surface area contributed by atoms with Crippen molar-refractivity contribution in [3.63, 3.8) is 0 Å². The Morgan fingerprint density at radius 2 is 2.00 bits per heavy atom. The summed E-state index contributed by atoms with van der Waals surface area (Å²) in [7, 11) is 0. The monoisotopic (exact) mass is 304 g/mol. The number of alkyl halides is 3. The van der Waals surface area contributed by atoms with E-state index in [2.05, 4.69) is 10.3 Å². The third kappa shape index (κ3) is 3.59. The third-order valence-electron chi connectivity index (χ3n) is 2.77. The standard InChI is InChI=1S/C13H15F3N2OS/c1-7-5-8(2)10(20-12(16)11(14)15)6-9(7)18-13-17-3-4-19-13/h5-6,11-12H,3-4H2,1-2H3,(H,17,18). The Balaban J connectivity index is 2.27. The summed E-state index contributed by atoms with van der Waals surface area (Å²) in [6.45, 7) is 4.84. The van der Waals surface area contributed by atoms with Gasteiger partial charge in [0.1, 0.15) is 6.61 Å². The van der Waals surface area contributed by atoms with Crippen LogP contribution in [0.3, 0.4) is 0 Å². The number of nitrogens with one attached hydrogen (secondary N) is 1. The lowest BCUT2D eigenvalue weighted by Crippen LogP contribution is -2.14. The molecule has 0 bridgehead atoms. The van der Waals surface area contributed by atoms with E-state index in [-0.39, 0.29) is 0 Å². The number of aryl methyl sites for hydroxylation is 2. The van der Waals surface area contributed by atoms with E-state index in [1.54, 1.807) is 19.1 Å². The molecule has 110 valence electrons. The molecular formula is C13H15F3N2OS. The van der Waals surface area contributed by atoms with Crippen molar-refractivity contribution in [2.75, 3.05) is 13.2 Å². The molecule has 1 atom stereocenters. The highest BCUT2D eigenvalue weighted by Gasteiger charge is 2.22. The SMILES string of the molecule is Cc1cc(C)c(SC(F)C(F)F)cc1N=C1NCCO1. The lowest BCUT2D eigenvalue weighted by Gasteiger charge is -2.12. The normalized spacial score (nSPS) is 18.2. The maximum absolute atomic E-state index is 13.2. The van der Waals surface area contributed by atoms with Crippen LogP contribution in [0.15, 0.2) is 22.0 Å². The van der Waals surface area contributed by atoms with Gasteiger partial charge in [-0.1, -0.05) is 17.8 Å². The molecule has 20 heavy (non-hydrogen) atoms. The van der Waals surface area contributed by atoms with E-state index in [9.17, 15) is 13.2 Å². The van der Waals surface area contributed by atoms with Crippen molar-refractivity contribution in [2.45, 2.75) is 30.7 Å². The minimum Gasteiger partial charge on any atom is -0.463 e. The molecule has 1 unspecified atom stereocenters. The Morgan fingerprint density at radius 3 is 2.60 bits per heavy atom. The smallest absolute Gasteiger partial charge is 0.290 e. The summed E-state index contributed by atoms with van der Waals surface area (Å²) in [6.07, 6.45) is -3.00. The van der Waals surface area contributed by atoms with Gasteiger partial charge in [0.05, 0.1) is 12.2 Å². The number of hydrogen-bond donors (Lipinski definition) is 1. The molecule has 0 amide bonds. The van der Waals surface area contributed by atoms with Crippen LogP contribution in [0.4, 0.5) is 18.9 Å². The van der Waals surface area contributed by atoms with Crippen LogP contribution in [0.1, 0.15) is 11.1 Å². The van der Waals surface area contributed by atoms with Gasteiger partial charge in [0.15, 0.2) is 0 Å². The van der Waals surface area contributed by atoms with E-state index in [0.717, 1.165) is 11.1 Å². The van der Waals surface area contributed by atoms with E-state index in [1.165, 1.54) is 0 Å². The van der Waals surface area contributed by atoms with Crippen LogP contribution in [-0.4, -0.2) is 31.1 Å². The second-order valence-corrected chi connectivity index (χ2v) is 5.53. The Labute approximate surface area is 119 Å². The molecule has 0 radical (unpaired) electrons. The van der Waals surface area contributed by atoms with Crippen LogP contribution in [0.25, 0.3) is 0 Å². The number of benzene rings is 1. The summed E-state index contributed by atoms with van der Waals surface area (Å²) in [4.78, 5) is 4.73. The Bertz CT molecular complexity index is 515. The van der Waals surface area contributed by atoms with Gasteiger partial charge in [-0.25, -0.2) is 13.2 Å². The number of thioether (sulfide) groups is 1. The zero-order chi connectivity index (χ0) is 14.7. The van der Waals surface area contributed by atoms with Crippen molar-refractivity contribution in [1.29, 1.82) is 0 Å². The van der Waals surface area contributed by atoms with Crippen molar-refractivity contribution in [1.82, 2.24) is 5.32 Å². The van der Waals surface area contributed by atoms with E-state index >= 15 is 0 Å². The second-order valence-electron chi connectivity index (χ2n) is 4.40. The van der Waals surface area contributed by atoms with E-state index in [0.29, 0.717) is 41.5 Å². The van der Waals surface area contributed by atoms with Crippen LogP contribution in [0, 0.1) is 13.8 Å². The van der Waals surface area contributed by atoms with Crippen LogP contribution in [0.2, 0.25) is 0 Å². The lowest BCUT2D eigenvalue weighted by molar-refractivity contribution is 0.0953. The molecular weight excluding hydrogens is 289 g/mol. The van der Waals surface area contributed by atoms with Gasteiger partial charge in [-0.3, -0.25) is 0 Å². The van der Waals surface area contributed by atoms with E-state index < -0.39 is 11.9 Å². The number of rotatable bonds is 4. The molecule has 1 N–H and O–H groups in total. The first-order chi connectivity index (χ1) is 9.47. The largest absolute Gasteiger partial charge is 0.463 e. The molecule has 7 heteroatoms. The van der Waals surface area contributed by atoms with Crippen LogP contribution in [0.5, 0.6) is 0 Å². The van der Waals surface area contributed by atoms with Crippen molar-refractivity contribution in [2.24, 2.45) is 4.99 Å². The Morgan fingerprint density at radius 1 is 1.25 bits per heavy atom. The van der Waals surface area contributed by atoms with Gasteiger partial charge in [0.25, 0.3) is 12.4 Å². The van der Waals surface area contributed by atoms with Crippen molar-refractivity contribution >= 4 is 23.5 Å². The quantitative estimate of drug-likeness (QED) is 0.864. The van der Waals surface area contributed by atoms with Crippen LogP contribution >= 0.6 is 11.8 Å². The summed E-state index contributed by atoms with van der Waals surface area (Å²) in [5, 5.41) is 2.95. The fourth-order valence-electron chi connectivity index (χ4n) is 1.78. The zero-order valence-corrected chi connectivity index (χ0v) is 11.9. The first-order valence-electron chi connectivity index (χ1n) is 6.13. The highest BCUT2D eigenvalue weighted by Crippen LogP contribution is 2.35. The molecule has 3 nitrogen and oxygen atoms in total. The fourth-order valence-corrected chi connectivity index (χ4v) is 2.55. The summed E-state index contributed by atoms with van der Waals surface area (Å²) < 4.78 is 43.0. The van der Waals surface area contributed by atoms with Crippen molar-refractivity contribution in [3.8, 4) is 0 Å². The molecule has 1 saturated heterocycles. The summed E-state index contributed by atoms with van der Waals surface area (Å²) in [6, 6.07) is 3.81. The Kier molecular flexibility index (Phi) is 4.80. The van der Waals surface area contributed by atoms with Gasteiger partial charge in [-0.05, 0) is 31.0 Å². The van der Waals surface area contributed by atoms with Crippen LogP contribution in [-0.2, 0) is 4.74 Å². The average molecular weight is 304 g/mol. The minimum atomic E-state index is -3.00. The number of hydrogen-bond acceptors (Lipinski definition) is 3. The predicted molar refractivity (Wildman–Crippen MR) is 73.7 cm³/mol. The molecule has 0 spiro atoms. The third-order valence-corrected chi connectivity index (χ3v) is 3.89. The predicted octanol–water partition coefficient (Wildman–Crippen LogP) is 3.56. The molecule has 1 aliphatic heterocycles. The maximum Gasteiger partial charge on any atom is 0.290 e. The number of ether oxygens (including phenoxy) is 1. The molecule has 0 saturated carbocycles. The van der Waals surface area contributed by atoms with Gasteiger partial charge in [-0.2, -0.15) is 4.99 Å². The van der Waals surface area contributed by atoms with Gasteiger partial charge in [-0.15, -0.1) is 0 Å². The highest BCUT2D eigenvalue weighted by atomic mass is 32.2. The zero-order valence-electron chi connectivity index (χ0n) is 11.1. The van der Waals surface area contributed by atoms with Crippen molar-refractivity contribution in [3.05, 3.63) is 23.3 Å². The molecule has 1 aromatic carbocycles. The molecule has 0 aliphatic carbocycles. The van der Waals surface area contributed by atoms with Crippen LogP contribution < -0.4 is 5.32 Å². The van der Waals surface area contributed by atoms with E-state index in [1.807, 2.05) is 6.92 Å². The summed E-state index contributed by atoms with van der Waals surface area (Å²) in [5.41, 5.74) is -0.0223. The Hall–Kier alpha value is -1.37. The lowest BCUT2D eigenvalue weighted by atomic mass is 10.1. The summed E-state index contributed by atoms with van der Waals surface area (Å²) in [5.74, 6) is 0. The molecule has 1 heterocycles. The van der Waals surface area contributed by atoms with Gasteiger partial charge in [0.2, 0.25) is 5.50 Å². The number of nitrogens with zero attached hydrogens (tertiary/aromatic N) is 1. The fraction of sp³-hybridized carbons (Fsp3) is 0.462. The van der Waals surface area contributed by atoms with Gasteiger partial charge < -0.3 is 10.1 Å². The minimum absolute atomic E-state index is 0.401. The number of amidine groups is 1. The topological polar surface area (TPSA) is 33.6 Å². The number of aliphatic imine (C=N–C) groups is 1. The molecule has 0 aromatic heterocycles. The van der Waals surface area contributed by atoms with E-state index in [4.69, 9.17) is 4.74 Å². The molecule has 1 fully saturated rings. The average Bonchev–Trinajstić information content (AvgIpc) is 2.87. The summed E-state index contributed by atoms with van der Waals surface area (Å²) >= 11 is 0.512. The molecule has 1 aromatic rings. The molecule has 1 aliphatic rings. The van der Waals surface area contributed by atoms with Crippen molar-refractivity contribution < 1.29 is 17.9 Å². The van der Waals surface area contributed by atoms with Gasteiger partial charge >= 0.3 is 0 Å².